The van der Waals surface area contributed by atoms with Gasteiger partial charge in [0.2, 0.25) is 5.91 Å². The Balaban J connectivity index is 0.00000112. The molecule has 1 aliphatic heterocycles. The molecular formula is C10H12Cl2N2O. The van der Waals surface area contributed by atoms with Crippen molar-refractivity contribution in [2.45, 2.75) is 12.5 Å². The van der Waals surface area contributed by atoms with Crippen molar-refractivity contribution in [3.05, 3.63) is 29.3 Å². The van der Waals surface area contributed by atoms with Crippen LogP contribution >= 0.6 is 24.0 Å². The molecule has 1 aromatic rings. The zero-order chi connectivity index (χ0) is 9.97. The van der Waals surface area contributed by atoms with Crippen molar-refractivity contribution in [3.63, 3.8) is 0 Å². The van der Waals surface area contributed by atoms with Gasteiger partial charge in [0.1, 0.15) is 0 Å². The van der Waals surface area contributed by atoms with Crippen molar-refractivity contribution in [2.24, 2.45) is 0 Å². The lowest BCUT2D eigenvalue weighted by Gasteiger charge is -2.26. The highest BCUT2D eigenvalue weighted by Gasteiger charge is 2.24. The fourth-order valence-corrected chi connectivity index (χ4v) is 1.50. The van der Waals surface area contributed by atoms with E-state index in [9.17, 15) is 4.79 Å². The maximum atomic E-state index is 11.5. The van der Waals surface area contributed by atoms with Crippen molar-refractivity contribution in [3.8, 4) is 0 Å². The molecule has 2 N–H and O–H groups in total. The highest BCUT2D eigenvalue weighted by Crippen LogP contribution is 2.15. The Hall–Kier alpha value is -0.770. The van der Waals surface area contributed by atoms with Gasteiger partial charge in [-0.3, -0.25) is 4.79 Å². The van der Waals surface area contributed by atoms with Gasteiger partial charge >= 0.3 is 0 Å². The van der Waals surface area contributed by atoms with E-state index in [1.807, 2.05) is 12.1 Å². The molecule has 0 saturated carbocycles. The summed E-state index contributed by atoms with van der Waals surface area (Å²) in [5.41, 5.74) is 0.746. The van der Waals surface area contributed by atoms with E-state index in [1.165, 1.54) is 0 Å². The fraction of sp³-hybridized carbons (Fsp3) is 0.300. The predicted molar refractivity (Wildman–Crippen MR) is 63.7 cm³/mol. The first kappa shape index (κ1) is 12.3. The lowest BCUT2D eigenvalue weighted by Crippen LogP contribution is -2.50. The topological polar surface area (TPSA) is 41.1 Å². The van der Waals surface area contributed by atoms with Crippen LogP contribution < -0.4 is 10.6 Å². The highest BCUT2D eigenvalue weighted by molar-refractivity contribution is 6.30. The molecule has 15 heavy (non-hydrogen) atoms. The summed E-state index contributed by atoms with van der Waals surface area (Å²) in [6.45, 7) is 0.924. The van der Waals surface area contributed by atoms with E-state index in [0.29, 0.717) is 5.02 Å². The maximum Gasteiger partial charge on any atom is 0.241 e. The van der Waals surface area contributed by atoms with Crippen LogP contribution in [0.2, 0.25) is 5.02 Å². The van der Waals surface area contributed by atoms with Gasteiger partial charge in [-0.15, -0.1) is 12.4 Å². The summed E-state index contributed by atoms with van der Waals surface area (Å²) in [4.78, 5) is 11.5. The van der Waals surface area contributed by atoms with Crippen molar-refractivity contribution in [1.82, 2.24) is 5.32 Å². The van der Waals surface area contributed by atoms with Crippen LogP contribution in [0.1, 0.15) is 6.42 Å². The van der Waals surface area contributed by atoms with Crippen LogP contribution in [0.3, 0.4) is 0 Å². The molecule has 0 aliphatic carbocycles. The summed E-state index contributed by atoms with van der Waals surface area (Å²) in [6.07, 6.45) is 0.909. The van der Waals surface area contributed by atoms with E-state index in [0.717, 1.165) is 18.7 Å². The monoisotopic (exact) mass is 246 g/mol. The van der Waals surface area contributed by atoms with Crippen LogP contribution in [0.4, 0.5) is 5.69 Å². The largest absolute Gasteiger partial charge is 0.325 e. The molecule has 82 valence electrons. The second-order valence-corrected chi connectivity index (χ2v) is 3.73. The lowest BCUT2D eigenvalue weighted by atomic mass is 10.1. The number of nitrogens with one attached hydrogen (secondary N) is 2. The molecule has 1 aliphatic rings. The minimum atomic E-state index is -0.0334. The van der Waals surface area contributed by atoms with Crippen molar-refractivity contribution in [1.29, 1.82) is 0 Å². The van der Waals surface area contributed by atoms with Crippen LogP contribution in [0, 0.1) is 0 Å². The number of amides is 1. The Kier molecular flexibility index (Phi) is 4.39. The van der Waals surface area contributed by atoms with E-state index in [1.54, 1.807) is 12.1 Å². The maximum absolute atomic E-state index is 11.5. The molecule has 1 amide bonds. The van der Waals surface area contributed by atoms with Gasteiger partial charge in [0.25, 0.3) is 0 Å². The molecule has 1 saturated heterocycles. The Morgan fingerprint density at radius 3 is 2.80 bits per heavy atom. The predicted octanol–water partition coefficient (Wildman–Crippen LogP) is 2.06. The number of anilines is 1. The van der Waals surface area contributed by atoms with Gasteiger partial charge in [-0.2, -0.15) is 0 Å². The molecule has 0 unspecified atom stereocenters. The molecule has 0 bridgehead atoms. The summed E-state index contributed by atoms with van der Waals surface area (Å²) in [5.74, 6) is 0.0125. The van der Waals surface area contributed by atoms with Gasteiger partial charge in [-0.25, -0.2) is 0 Å². The minimum Gasteiger partial charge on any atom is -0.325 e. The highest BCUT2D eigenvalue weighted by atomic mass is 35.5. The average Bonchev–Trinajstić information content (AvgIpc) is 1.99. The number of hydrogen-bond acceptors (Lipinski definition) is 2. The SMILES string of the molecule is Cl.O=C(Nc1cccc(Cl)c1)[C@H]1CCN1. The Labute approximate surface area is 99.6 Å². The molecule has 5 heteroatoms. The van der Waals surface area contributed by atoms with E-state index in [4.69, 9.17) is 11.6 Å². The summed E-state index contributed by atoms with van der Waals surface area (Å²) >= 11 is 5.79. The van der Waals surface area contributed by atoms with E-state index in [-0.39, 0.29) is 24.4 Å². The van der Waals surface area contributed by atoms with E-state index in [2.05, 4.69) is 10.6 Å². The second-order valence-electron chi connectivity index (χ2n) is 3.29. The smallest absolute Gasteiger partial charge is 0.241 e. The zero-order valence-corrected chi connectivity index (χ0v) is 9.57. The van der Waals surface area contributed by atoms with Crippen LogP contribution in [0.5, 0.6) is 0 Å². The van der Waals surface area contributed by atoms with Gasteiger partial charge in [0, 0.05) is 10.7 Å². The minimum absolute atomic E-state index is 0. The van der Waals surface area contributed by atoms with Crippen LogP contribution in [0.25, 0.3) is 0 Å². The van der Waals surface area contributed by atoms with Crippen LogP contribution in [0.15, 0.2) is 24.3 Å². The van der Waals surface area contributed by atoms with Crippen LogP contribution in [-0.4, -0.2) is 18.5 Å². The molecule has 0 radical (unpaired) electrons. The molecule has 1 atom stereocenters. The molecule has 2 rings (SSSR count). The van der Waals surface area contributed by atoms with Gasteiger partial charge in [0.15, 0.2) is 0 Å². The number of halogens is 2. The summed E-state index contributed by atoms with van der Waals surface area (Å²) in [6, 6.07) is 7.11. The first-order valence-electron chi connectivity index (χ1n) is 4.55. The first-order chi connectivity index (χ1) is 6.75. The van der Waals surface area contributed by atoms with Gasteiger partial charge in [-0.05, 0) is 31.2 Å². The summed E-state index contributed by atoms with van der Waals surface area (Å²) in [7, 11) is 0. The van der Waals surface area contributed by atoms with E-state index < -0.39 is 0 Å². The average molecular weight is 247 g/mol. The third-order valence-corrected chi connectivity index (χ3v) is 2.47. The molecule has 1 heterocycles. The number of carbonyl (C=O) groups is 1. The Morgan fingerprint density at radius 1 is 1.53 bits per heavy atom. The van der Waals surface area contributed by atoms with Crippen LogP contribution in [-0.2, 0) is 4.79 Å². The molecule has 3 nitrogen and oxygen atoms in total. The van der Waals surface area contributed by atoms with Crippen molar-refractivity contribution in [2.75, 3.05) is 11.9 Å². The number of rotatable bonds is 2. The first-order valence-corrected chi connectivity index (χ1v) is 4.93. The zero-order valence-electron chi connectivity index (χ0n) is 8.00. The normalized spacial score (nSPS) is 18.6. The Morgan fingerprint density at radius 2 is 2.27 bits per heavy atom. The number of hydrogen-bond donors (Lipinski definition) is 2. The fourth-order valence-electron chi connectivity index (χ4n) is 1.31. The standard InChI is InChI=1S/C10H11ClN2O.ClH/c11-7-2-1-3-8(6-7)13-10(14)9-4-5-12-9;/h1-3,6,9,12H,4-5H2,(H,13,14);1H/t9-;/m1./s1. The molecular weight excluding hydrogens is 235 g/mol. The van der Waals surface area contributed by atoms with Crippen molar-refractivity contribution >= 4 is 35.6 Å². The quantitative estimate of drug-likeness (QED) is 0.839. The molecule has 1 fully saturated rings. The van der Waals surface area contributed by atoms with Gasteiger partial charge in [-0.1, -0.05) is 17.7 Å². The molecule has 1 aromatic carbocycles. The lowest BCUT2D eigenvalue weighted by molar-refractivity contribution is -0.119. The summed E-state index contributed by atoms with van der Waals surface area (Å²) < 4.78 is 0. The third-order valence-electron chi connectivity index (χ3n) is 2.23. The Bertz CT molecular complexity index is 353. The molecule has 0 aromatic heterocycles. The molecule has 0 spiro atoms. The summed E-state index contributed by atoms with van der Waals surface area (Å²) in [5, 5.41) is 6.46. The van der Waals surface area contributed by atoms with Gasteiger partial charge in [0.05, 0.1) is 6.04 Å². The number of carbonyl (C=O) groups excluding carboxylic acids is 1. The van der Waals surface area contributed by atoms with Crippen molar-refractivity contribution < 1.29 is 4.79 Å². The van der Waals surface area contributed by atoms with Gasteiger partial charge < -0.3 is 10.6 Å². The van der Waals surface area contributed by atoms with E-state index >= 15 is 0 Å². The second kappa shape index (κ2) is 5.35. The third kappa shape index (κ3) is 3.09. The number of benzene rings is 1.